The summed E-state index contributed by atoms with van der Waals surface area (Å²) in [6.45, 7) is 2.19. The van der Waals surface area contributed by atoms with Crippen LogP contribution in [0.15, 0.2) is 30.3 Å². The van der Waals surface area contributed by atoms with Crippen LogP contribution in [0.25, 0.3) is 11.1 Å². The topological polar surface area (TPSA) is 0 Å². The van der Waals surface area contributed by atoms with Gasteiger partial charge in [-0.25, -0.2) is 8.78 Å². The van der Waals surface area contributed by atoms with E-state index in [0.29, 0.717) is 12.0 Å². The van der Waals surface area contributed by atoms with Crippen molar-refractivity contribution in [1.82, 2.24) is 0 Å². The number of fused-ring (bicyclic) bond motifs is 3. The Morgan fingerprint density at radius 1 is 1.00 bits per heavy atom. The van der Waals surface area contributed by atoms with E-state index < -0.39 is 11.6 Å². The fraction of sp³-hybridized carbons (Fsp3) is 0.333. The summed E-state index contributed by atoms with van der Waals surface area (Å²) in [6, 6.07) is 9.24. The van der Waals surface area contributed by atoms with Gasteiger partial charge in [-0.15, -0.1) is 0 Å². The first-order valence-corrected chi connectivity index (χ1v) is 7.29. The van der Waals surface area contributed by atoms with Gasteiger partial charge >= 0.3 is 0 Å². The maximum Gasteiger partial charge on any atom is 0.162 e. The minimum absolute atomic E-state index is 0.505. The minimum Gasteiger partial charge on any atom is -0.204 e. The van der Waals surface area contributed by atoms with Crippen molar-refractivity contribution in [2.75, 3.05) is 0 Å². The highest BCUT2D eigenvalue weighted by Crippen LogP contribution is 2.39. The molecular weight excluding hydrogens is 254 g/mol. The van der Waals surface area contributed by atoms with Gasteiger partial charge in [-0.05, 0) is 41.2 Å². The average molecular weight is 272 g/mol. The lowest BCUT2D eigenvalue weighted by atomic mass is 10.0. The normalized spacial score (nSPS) is 12.3. The first-order valence-electron chi connectivity index (χ1n) is 7.29. The molecule has 0 aliphatic heterocycles. The molecule has 1 aliphatic carbocycles. The Labute approximate surface area is 118 Å². The Bertz CT molecular complexity index is 644. The van der Waals surface area contributed by atoms with Crippen molar-refractivity contribution in [3.63, 3.8) is 0 Å². The number of halogens is 2. The van der Waals surface area contributed by atoms with Crippen LogP contribution in [-0.2, 0) is 12.8 Å². The van der Waals surface area contributed by atoms with Gasteiger partial charge < -0.3 is 0 Å². The van der Waals surface area contributed by atoms with E-state index in [2.05, 4.69) is 25.1 Å². The molecule has 0 atom stereocenters. The van der Waals surface area contributed by atoms with Crippen molar-refractivity contribution in [2.24, 2.45) is 0 Å². The Morgan fingerprint density at radius 3 is 2.60 bits per heavy atom. The van der Waals surface area contributed by atoms with E-state index in [0.717, 1.165) is 23.1 Å². The van der Waals surface area contributed by atoms with Gasteiger partial charge in [-0.2, -0.15) is 0 Å². The number of aryl methyl sites for hydroxylation is 1. The van der Waals surface area contributed by atoms with Crippen LogP contribution >= 0.6 is 0 Å². The first kappa shape index (κ1) is 13.3. The van der Waals surface area contributed by atoms with E-state index in [9.17, 15) is 8.78 Å². The highest BCUT2D eigenvalue weighted by molar-refractivity contribution is 5.77. The molecule has 3 rings (SSSR count). The Hall–Kier alpha value is -1.70. The lowest BCUT2D eigenvalue weighted by Gasteiger charge is -2.05. The zero-order chi connectivity index (χ0) is 14.1. The van der Waals surface area contributed by atoms with Crippen LogP contribution in [-0.4, -0.2) is 0 Å². The van der Waals surface area contributed by atoms with Crippen molar-refractivity contribution >= 4 is 0 Å². The predicted molar refractivity (Wildman–Crippen MR) is 77.8 cm³/mol. The van der Waals surface area contributed by atoms with Crippen LogP contribution < -0.4 is 0 Å². The maximum atomic E-state index is 13.8. The van der Waals surface area contributed by atoms with E-state index in [1.54, 1.807) is 6.07 Å². The SMILES string of the molecule is CCCCCc1ccc2c(c1)Cc1c-2ccc(F)c1F. The van der Waals surface area contributed by atoms with Gasteiger partial charge in [0.05, 0.1) is 0 Å². The van der Waals surface area contributed by atoms with Crippen molar-refractivity contribution in [3.05, 3.63) is 58.7 Å². The molecule has 0 saturated heterocycles. The quantitative estimate of drug-likeness (QED) is 0.568. The Morgan fingerprint density at radius 2 is 1.80 bits per heavy atom. The molecule has 0 unspecified atom stereocenters. The second-order valence-electron chi connectivity index (χ2n) is 5.51. The largest absolute Gasteiger partial charge is 0.204 e. The monoisotopic (exact) mass is 272 g/mol. The summed E-state index contributed by atoms with van der Waals surface area (Å²) in [4.78, 5) is 0. The smallest absolute Gasteiger partial charge is 0.162 e. The van der Waals surface area contributed by atoms with Crippen LogP contribution in [0, 0.1) is 11.6 Å². The number of rotatable bonds is 4. The Kier molecular flexibility index (Phi) is 3.56. The van der Waals surface area contributed by atoms with Gasteiger partial charge in [0.25, 0.3) is 0 Å². The average Bonchev–Trinajstić information content (AvgIpc) is 2.82. The third-order valence-corrected chi connectivity index (χ3v) is 4.09. The molecule has 1 aliphatic rings. The third kappa shape index (κ3) is 2.24. The summed E-state index contributed by atoms with van der Waals surface area (Å²) in [5, 5.41) is 0. The summed E-state index contributed by atoms with van der Waals surface area (Å²) in [5.74, 6) is -1.44. The lowest BCUT2D eigenvalue weighted by molar-refractivity contribution is 0.502. The standard InChI is InChI=1S/C18H18F2/c1-2-3-4-5-12-6-7-14-13(10-12)11-16-15(14)8-9-17(19)18(16)20/h6-10H,2-5,11H2,1H3. The van der Waals surface area contributed by atoms with Crippen molar-refractivity contribution < 1.29 is 8.78 Å². The predicted octanol–water partition coefficient (Wildman–Crippen LogP) is 5.27. The molecule has 0 spiro atoms. The molecule has 104 valence electrons. The van der Waals surface area contributed by atoms with Crippen molar-refractivity contribution in [3.8, 4) is 11.1 Å². The minimum atomic E-state index is -0.750. The van der Waals surface area contributed by atoms with E-state index >= 15 is 0 Å². The first-order chi connectivity index (χ1) is 9.70. The summed E-state index contributed by atoms with van der Waals surface area (Å²) < 4.78 is 27.1. The summed E-state index contributed by atoms with van der Waals surface area (Å²) in [7, 11) is 0. The molecule has 0 nitrogen and oxygen atoms in total. The zero-order valence-electron chi connectivity index (χ0n) is 11.7. The number of benzene rings is 2. The van der Waals surface area contributed by atoms with E-state index in [-0.39, 0.29) is 0 Å². The summed E-state index contributed by atoms with van der Waals surface area (Å²) >= 11 is 0. The van der Waals surface area contributed by atoms with Gasteiger partial charge in [-0.1, -0.05) is 44.0 Å². The van der Waals surface area contributed by atoms with Crippen LogP contribution in [0.5, 0.6) is 0 Å². The Balaban J connectivity index is 1.90. The van der Waals surface area contributed by atoms with Gasteiger partial charge in [0.1, 0.15) is 0 Å². The van der Waals surface area contributed by atoms with Crippen LogP contribution in [0.4, 0.5) is 8.78 Å². The molecule has 2 aromatic rings. The number of hydrogen-bond donors (Lipinski definition) is 0. The molecular formula is C18H18F2. The molecule has 0 radical (unpaired) electrons. The lowest BCUT2D eigenvalue weighted by Crippen LogP contribution is -1.92. The van der Waals surface area contributed by atoms with E-state index in [1.165, 1.54) is 30.9 Å². The highest BCUT2D eigenvalue weighted by atomic mass is 19.2. The molecule has 0 bridgehead atoms. The number of unbranched alkanes of at least 4 members (excludes halogenated alkanes) is 2. The van der Waals surface area contributed by atoms with Crippen LogP contribution in [0.1, 0.15) is 42.9 Å². The second-order valence-corrected chi connectivity index (χ2v) is 5.51. The van der Waals surface area contributed by atoms with Crippen molar-refractivity contribution in [1.29, 1.82) is 0 Å². The molecule has 0 aromatic heterocycles. The molecule has 0 saturated carbocycles. The summed E-state index contributed by atoms with van der Waals surface area (Å²) in [6.07, 6.45) is 5.20. The maximum absolute atomic E-state index is 13.8. The molecule has 20 heavy (non-hydrogen) atoms. The van der Waals surface area contributed by atoms with Crippen molar-refractivity contribution in [2.45, 2.75) is 39.0 Å². The van der Waals surface area contributed by atoms with Gasteiger partial charge in [-0.3, -0.25) is 0 Å². The van der Waals surface area contributed by atoms with Gasteiger partial charge in [0.2, 0.25) is 0 Å². The van der Waals surface area contributed by atoms with Crippen LogP contribution in [0.2, 0.25) is 0 Å². The molecule has 2 heteroatoms. The molecule has 0 heterocycles. The van der Waals surface area contributed by atoms with Gasteiger partial charge in [0, 0.05) is 12.0 Å². The van der Waals surface area contributed by atoms with E-state index in [1.807, 2.05) is 0 Å². The summed E-state index contributed by atoms with van der Waals surface area (Å²) in [5.41, 5.74) is 4.83. The fourth-order valence-electron chi connectivity index (χ4n) is 3.00. The zero-order valence-corrected chi connectivity index (χ0v) is 11.7. The fourth-order valence-corrected chi connectivity index (χ4v) is 3.00. The van der Waals surface area contributed by atoms with Gasteiger partial charge in [0.15, 0.2) is 11.6 Å². The molecule has 0 fully saturated rings. The third-order valence-electron chi connectivity index (χ3n) is 4.09. The molecule has 0 N–H and O–H groups in total. The molecule has 0 amide bonds. The van der Waals surface area contributed by atoms with Crippen LogP contribution in [0.3, 0.4) is 0 Å². The number of hydrogen-bond acceptors (Lipinski definition) is 0. The van der Waals surface area contributed by atoms with E-state index in [4.69, 9.17) is 0 Å². The highest BCUT2D eigenvalue weighted by Gasteiger charge is 2.23. The molecule has 2 aromatic carbocycles. The second kappa shape index (κ2) is 5.35.